The predicted octanol–water partition coefficient (Wildman–Crippen LogP) is 3.55. The van der Waals surface area contributed by atoms with Gasteiger partial charge in [0.25, 0.3) is 0 Å². The topological polar surface area (TPSA) is 35.6 Å². The van der Waals surface area contributed by atoms with Gasteiger partial charge in [-0.1, -0.05) is 43.4 Å². The van der Waals surface area contributed by atoms with Crippen LogP contribution in [0.2, 0.25) is 0 Å². The normalized spacial score (nSPS) is 20.2. The standard InChI is InChI=1S/C19H29N3O/c1-16-8-10-18(11-9-16)21-12-14-22(15-13-21)19(23)20-17-6-4-2-3-5-7-17/h8-11,17H,2-7,12-15H2,1H3,(H,20,23). The molecule has 2 amide bonds. The van der Waals surface area contributed by atoms with Crippen LogP contribution in [0.1, 0.15) is 44.1 Å². The van der Waals surface area contributed by atoms with Crippen LogP contribution < -0.4 is 10.2 Å². The van der Waals surface area contributed by atoms with Gasteiger partial charge in [-0.15, -0.1) is 0 Å². The SMILES string of the molecule is Cc1ccc(N2CCN(C(=O)NC3CCCCCC3)CC2)cc1. The molecule has 0 radical (unpaired) electrons. The van der Waals surface area contributed by atoms with Gasteiger partial charge in [0.2, 0.25) is 0 Å². The van der Waals surface area contributed by atoms with Gasteiger partial charge in [-0.05, 0) is 31.9 Å². The van der Waals surface area contributed by atoms with Gasteiger partial charge in [0.1, 0.15) is 0 Å². The molecule has 126 valence electrons. The van der Waals surface area contributed by atoms with E-state index in [2.05, 4.69) is 41.4 Å². The third-order valence-electron chi connectivity index (χ3n) is 5.15. The van der Waals surface area contributed by atoms with Gasteiger partial charge in [-0.2, -0.15) is 0 Å². The smallest absolute Gasteiger partial charge is 0.317 e. The maximum absolute atomic E-state index is 12.5. The molecule has 4 nitrogen and oxygen atoms in total. The molecule has 0 atom stereocenters. The number of urea groups is 1. The molecule has 0 bridgehead atoms. The first kappa shape index (κ1) is 16.2. The van der Waals surface area contributed by atoms with Crippen LogP contribution in [-0.4, -0.2) is 43.2 Å². The molecule has 3 rings (SSSR count). The lowest BCUT2D eigenvalue weighted by Crippen LogP contribution is -2.53. The van der Waals surface area contributed by atoms with Gasteiger partial charge in [-0.3, -0.25) is 0 Å². The van der Waals surface area contributed by atoms with Crippen LogP contribution >= 0.6 is 0 Å². The number of nitrogens with one attached hydrogen (secondary N) is 1. The summed E-state index contributed by atoms with van der Waals surface area (Å²) in [4.78, 5) is 16.8. The van der Waals surface area contributed by atoms with Crippen LogP contribution in [0.15, 0.2) is 24.3 Å². The second-order valence-electron chi connectivity index (χ2n) is 6.95. The van der Waals surface area contributed by atoms with E-state index in [0.717, 1.165) is 39.0 Å². The number of carbonyl (C=O) groups is 1. The lowest BCUT2D eigenvalue weighted by Gasteiger charge is -2.36. The van der Waals surface area contributed by atoms with Crippen molar-refractivity contribution in [2.24, 2.45) is 0 Å². The monoisotopic (exact) mass is 315 g/mol. The Morgan fingerprint density at radius 3 is 2.17 bits per heavy atom. The number of nitrogens with zero attached hydrogens (tertiary/aromatic N) is 2. The summed E-state index contributed by atoms with van der Waals surface area (Å²) in [5, 5.41) is 3.26. The van der Waals surface area contributed by atoms with Gasteiger partial charge in [0.05, 0.1) is 0 Å². The van der Waals surface area contributed by atoms with Crippen molar-refractivity contribution in [3.05, 3.63) is 29.8 Å². The highest BCUT2D eigenvalue weighted by atomic mass is 16.2. The Hall–Kier alpha value is -1.71. The zero-order valence-electron chi connectivity index (χ0n) is 14.3. The largest absolute Gasteiger partial charge is 0.368 e. The van der Waals surface area contributed by atoms with Crippen LogP contribution in [0.5, 0.6) is 0 Å². The second-order valence-corrected chi connectivity index (χ2v) is 6.95. The fourth-order valence-electron chi connectivity index (χ4n) is 3.61. The summed E-state index contributed by atoms with van der Waals surface area (Å²) >= 11 is 0. The summed E-state index contributed by atoms with van der Waals surface area (Å²) in [5.74, 6) is 0. The third kappa shape index (κ3) is 4.40. The van der Waals surface area contributed by atoms with Crippen LogP contribution in [-0.2, 0) is 0 Å². The molecule has 1 saturated carbocycles. The fourth-order valence-corrected chi connectivity index (χ4v) is 3.61. The van der Waals surface area contributed by atoms with E-state index in [9.17, 15) is 4.79 Å². The van der Waals surface area contributed by atoms with Crippen molar-refractivity contribution in [2.75, 3.05) is 31.1 Å². The Balaban J connectivity index is 1.48. The van der Waals surface area contributed by atoms with E-state index in [0.29, 0.717) is 6.04 Å². The molecule has 4 heteroatoms. The molecular weight excluding hydrogens is 286 g/mol. The molecule has 1 aromatic carbocycles. The molecule has 1 aromatic rings. The number of amides is 2. The summed E-state index contributed by atoms with van der Waals surface area (Å²) < 4.78 is 0. The lowest BCUT2D eigenvalue weighted by molar-refractivity contribution is 0.189. The minimum absolute atomic E-state index is 0.139. The number of benzene rings is 1. The van der Waals surface area contributed by atoms with Gasteiger partial charge in [0, 0.05) is 37.9 Å². The maximum atomic E-state index is 12.5. The molecule has 2 aliphatic rings. The molecule has 1 aliphatic carbocycles. The van der Waals surface area contributed by atoms with Crippen molar-refractivity contribution < 1.29 is 4.79 Å². The third-order valence-corrected chi connectivity index (χ3v) is 5.15. The van der Waals surface area contributed by atoms with E-state index in [4.69, 9.17) is 0 Å². The molecule has 2 fully saturated rings. The molecule has 1 aliphatic heterocycles. The average Bonchev–Trinajstić information content (AvgIpc) is 2.84. The maximum Gasteiger partial charge on any atom is 0.317 e. The van der Waals surface area contributed by atoms with Gasteiger partial charge in [-0.25, -0.2) is 4.79 Å². The number of carbonyl (C=O) groups excluding carboxylic acids is 1. The van der Waals surface area contributed by atoms with Crippen molar-refractivity contribution in [3.63, 3.8) is 0 Å². The number of aryl methyl sites for hydroxylation is 1. The molecule has 1 saturated heterocycles. The first-order chi connectivity index (χ1) is 11.2. The Labute approximate surface area is 139 Å². The summed E-state index contributed by atoms with van der Waals surface area (Å²) in [7, 11) is 0. The number of rotatable bonds is 2. The number of piperazine rings is 1. The summed E-state index contributed by atoms with van der Waals surface area (Å²) in [5.41, 5.74) is 2.55. The van der Waals surface area contributed by atoms with Crippen LogP contribution in [0, 0.1) is 6.92 Å². The average molecular weight is 315 g/mol. The van der Waals surface area contributed by atoms with Crippen molar-refractivity contribution >= 4 is 11.7 Å². The van der Waals surface area contributed by atoms with E-state index in [1.54, 1.807) is 0 Å². The zero-order valence-corrected chi connectivity index (χ0v) is 14.3. The first-order valence-corrected chi connectivity index (χ1v) is 9.09. The molecular formula is C19H29N3O. The summed E-state index contributed by atoms with van der Waals surface area (Å²) in [6.45, 7) is 5.57. The predicted molar refractivity (Wildman–Crippen MR) is 95.0 cm³/mol. The van der Waals surface area contributed by atoms with E-state index in [-0.39, 0.29) is 6.03 Å². The highest BCUT2D eigenvalue weighted by Crippen LogP contribution is 2.19. The van der Waals surface area contributed by atoms with E-state index in [1.165, 1.54) is 36.9 Å². The van der Waals surface area contributed by atoms with Crippen LogP contribution in [0.3, 0.4) is 0 Å². The molecule has 1 heterocycles. The first-order valence-electron chi connectivity index (χ1n) is 9.09. The van der Waals surface area contributed by atoms with Crippen molar-refractivity contribution in [2.45, 2.75) is 51.5 Å². The minimum atomic E-state index is 0.139. The Morgan fingerprint density at radius 2 is 1.57 bits per heavy atom. The number of hydrogen-bond donors (Lipinski definition) is 1. The van der Waals surface area contributed by atoms with E-state index in [1.807, 2.05) is 4.90 Å². The van der Waals surface area contributed by atoms with Gasteiger partial charge < -0.3 is 15.1 Å². The molecule has 1 N–H and O–H groups in total. The number of hydrogen-bond acceptors (Lipinski definition) is 2. The van der Waals surface area contributed by atoms with Gasteiger partial charge in [0.15, 0.2) is 0 Å². The summed E-state index contributed by atoms with van der Waals surface area (Å²) in [6, 6.07) is 9.19. The highest BCUT2D eigenvalue weighted by Gasteiger charge is 2.23. The lowest BCUT2D eigenvalue weighted by atomic mass is 10.1. The summed E-state index contributed by atoms with van der Waals surface area (Å²) in [6.07, 6.45) is 7.45. The zero-order chi connectivity index (χ0) is 16.1. The quantitative estimate of drug-likeness (QED) is 0.847. The van der Waals surface area contributed by atoms with Crippen LogP contribution in [0.25, 0.3) is 0 Å². The fraction of sp³-hybridized carbons (Fsp3) is 0.632. The molecule has 23 heavy (non-hydrogen) atoms. The Morgan fingerprint density at radius 1 is 0.957 bits per heavy atom. The number of anilines is 1. The molecule has 0 spiro atoms. The van der Waals surface area contributed by atoms with Crippen LogP contribution in [0.4, 0.5) is 10.5 Å². The van der Waals surface area contributed by atoms with E-state index < -0.39 is 0 Å². The second kappa shape index (κ2) is 7.71. The Kier molecular flexibility index (Phi) is 5.42. The van der Waals surface area contributed by atoms with Gasteiger partial charge >= 0.3 is 6.03 Å². The molecule has 0 aromatic heterocycles. The minimum Gasteiger partial charge on any atom is -0.368 e. The highest BCUT2D eigenvalue weighted by molar-refractivity contribution is 5.75. The van der Waals surface area contributed by atoms with Crippen molar-refractivity contribution in [1.29, 1.82) is 0 Å². The molecule has 0 unspecified atom stereocenters. The van der Waals surface area contributed by atoms with Crippen molar-refractivity contribution in [1.82, 2.24) is 10.2 Å². The van der Waals surface area contributed by atoms with Crippen molar-refractivity contribution in [3.8, 4) is 0 Å². The van der Waals surface area contributed by atoms with E-state index >= 15 is 0 Å². The Bertz CT molecular complexity index is 498.